The zero-order chi connectivity index (χ0) is 22.9. The summed E-state index contributed by atoms with van der Waals surface area (Å²) in [6.45, 7) is 2.67. The van der Waals surface area contributed by atoms with Crippen LogP contribution in [-0.4, -0.2) is 61.6 Å². The summed E-state index contributed by atoms with van der Waals surface area (Å²) in [6, 6.07) is 9.35. The number of hydrogen-bond acceptors (Lipinski definition) is 6. The monoisotopic (exact) mass is 450 g/mol. The molecule has 1 aromatic heterocycles. The number of methoxy groups -OCH3 is 2. The van der Waals surface area contributed by atoms with Crippen molar-refractivity contribution in [1.82, 2.24) is 9.88 Å². The first-order valence-electron chi connectivity index (χ1n) is 11.6. The third-order valence-corrected chi connectivity index (χ3v) is 7.12. The number of piperidine rings is 3. The van der Waals surface area contributed by atoms with Crippen LogP contribution in [0.4, 0.5) is 11.5 Å². The Balaban J connectivity index is 1.26. The molecule has 3 atom stereocenters. The van der Waals surface area contributed by atoms with E-state index >= 15 is 0 Å². The van der Waals surface area contributed by atoms with Gasteiger partial charge >= 0.3 is 0 Å². The molecule has 3 saturated heterocycles. The van der Waals surface area contributed by atoms with Gasteiger partial charge in [0.15, 0.2) is 0 Å². The summed E-state index contributed by atoms with van der Waals surface area (Å²) in [5, 5.41) is 2.88. The van der Waals surface area contributed by atoms with Crippen molar-refractivity contribution in [3.05, 3.63) is 42.1 Å². The molecule has 33 heavy (non-hydrogen) atoms. The number of benzene rings is 1. The average molecular weight is 451 g/mol. The molecule has 3 aliphatic rings. The summed E-state index contributed by atoms with van der Waals surface area (Å²) in [5.41, 5.74) is 1.08. The van der Waals surface area contributed by atoms with Gasteiger partial charge in [-0.05, 0) is 43.2 Å². The summed E-state index contributed by atoms with van der Waals surface area (Å²) < 4.78 is 10.5. The van der Waals surface area contributed by atoms with Crippen LogP contribution in [0.1, 0.15) is 36.0 Å². The molecule has 3 aliphatic heterocycles. The zero-order valence-electron chi connectivity index (χ0n) is 19.1. The quantitative estimate of drug-likeness (QED) is 0.753. The van der Waals surface area contributed by atoms with Crippen LogP contribution in [0.5, 0.6) is 11.5 Å². The van der Waals surface area contributed by atoms with E-state index in [0.717, 1.165) is 38.3 Å². The number of carbonyl (C=O) groups is 2. The second-order valence-corrected chi connectivity index (χ2v) is 9.23. The Bertz CT molecular complexity index is 1020. The van der Waals surface area contributed by atoms with Gasteiger partial charge in [0.05, 0.1) is 19.8 Å². The maximum atomic E-state index is 12.8. The number of nitrogens with zero attached hydrogens (tertiary/aromatic N) is 3. The number of aromatic nitrogens is 1. The van der Waals surface area contributed by atoms with Gasteiger partial charge in [-0.3, -0.25) is 9.59 Å². The highest BCUT2D eigenvalue weighted by Gasteiger charge is 2.44. The molecular weight excluding hydrogens is 420 g/mol. The second-order valence-electron chi connectivity index (χ2n) is 9.23. The predicted molar refractivity (Wildman–Crippen MR) is 125 cm³/mol. The van der Waals surface area contributed by atoms with E-state index < -0.39 is 0 Å². The lowest BCUT2D eigenvalue weighted by molar-refractivity contribution is -0.142. The van der Waals surface area contributed by atoms with Gasteiger partial charge in [0.2, 0.25) is 5.91 Å². The van der Waals surface area contributed by atoms with Crippen LogP contribution in [0.15, 0.2) is 36.5 Å². The minimum absolute atomic E-state index is 0.240. The van der Waals surface area contributed by atoms with Gasteiger partial charge in [-0.25, -0.2) is 4.98 Å². The van der Waals surface area contributed by atoms with Gasteiger partial charge in [-0.1, -0.05) is 0 Å². The molecule has 2 aromatic rings. The fourth-order valence-corrected chi connectivity index (χ4v) is 5.59. The Labute approximate surface area is 193 Å². The topological polar surface area (TPSA) is 84.0 Å². The molecule has 8 heteroatoms. The van der Waals surface area contributed by atoms with Gasteiger partial charge in [0.25, 0.3) is 5.91 Å². The molecule has 174 valence electrons. The number of amides is 2. The highest BCUT2D eigenvalue weighted by Crippen LogP contribution is 2.39. The third-order valence-electron chi connectivity index (χ3n) is 7.12. The van der Waals surface area contributed by atoms with Crippen molar-refractivity contribution < 1.29 is 19.1 Å². The van der Waals surface area contributed by atoms with E-state index in [-0.39, 0.29) is 5.91 Å². The van der Waals surface area contributed by atoms with Crippen molar-refractivity contribution in [1.29, 1.82) is 0 Å². The van der Waals surface area contributed by atoms with E-state index in [1.807, 2.05) is 12.1 Å². The smallest absolute Gasteiger partial charge is 0.257 e. The number of hydrogen-bond donors (Lipinski definition) is 1. The highest BCUT2D eigenvalue weighted by molar-refractivity contribution is 6.04. The first-order valence-corrected chi connectivity index (χ1v) is 11.6. The molecule has 1 aromatic carbocycles. The van der Waals surface area contributed by atoms with E-state index in [1.54, 1.807) is 38.6 Å². The average Bonchev–Trinajstić information content (AvgIpc) is 2.84. The molecule has 8 nitrogen and oxygen atoms in total. The molecule has 0 saturated carbocycles. The number of pyridine rings is 1. The van der Waals surface area contributed by atoms with Crippen LogP contribution < -0.4 is 19.7 Å². The van der Waals surface area contributed by atoms with Crippen molar-refractivity contribution in [3.63, 3.8) is 0 Å². The number of rotatable bonds is 5. The first-order chi connectivity index (χ1) is 16.0. The number of fused-ring (bicyclic) bond motifs is 4. The van der Waals surface area contributed by atoms with Crippen molar-refractivity contribution in [2.24, 2.45) is 11.8 Å². The molecule has 0 aliphatic carbocycles. The molecular formula is C25H30N4O4. The Morgan fingerprint density at radius 3 is 2.58 bits per heavy atom. The Hall–Kier alpha value is -3.29. The van der Waals surface area contributed by atoms with Gasteiger partial charge in [-0.15, -0.1) is 0 Å². The normalized spacial score (nSPS) is 24.2. The lowest BCUT2D eigenvalue weighted by Crippen LogP contribution is -2.60. The molecule has 5 rings (SSSR count). The molecule has 2 amide bonds. The number of nitrogens with one attached hydrogen (secondary N) is 1. The first kappa shape index (κ1) is 21.6. The van der Waals surface area contributed by atoms with Crippen LogP contribution in [-0.2, 0) is 4.79 Å². The number of ether oxygens (including phenoxy) is 2. The van der Waals surface area contributed by atoms with E-state index in [2.05, 4.69) is 20.1 Å². The molecule has 0 radical (unpaired) electrons. The van der Waals surface area contributed by atoms with Gasteiger partial charge < -0.3 is 24.6 Å². The lowest BCUT2D eigenvalue weighted by atomic mass is 9.76. The molecule has 0 unspecified atom stereocenters. The van der Waals surface area contributed by atoms with Gasteiger partial charge in [0.1, 0.15) is 17.3 Å². The van der Waals surface area contributed by atoms with Crippen molar-refractivity contribution in [3.8, 4) is 11.5 Å². The molecule has 1 N–H and O–H groups in total. The molecule has 4 heterocycles. The van der Waals surface area contributed by atoms with Crippen LogP contribution in [0.25, 0.3) is 0 Å². The number of anilines is 2. The minimum atomic E-state index is -0.240. The minimum Gasteiger partial charge on any atom is -0.497 e. The van der Waals surface area contributed by atoms with E-state index in [4.69, 9.17) is 9.47 Å². The van der Waals surface area contributed by atoms with Gasteiger partial charge in [-0.2, -0.15) is 0 Å². The maximum Gasteiger partial charge on any atom is 0.257 e. The standard InChI is InChI=1S/C25H30N4O4/c1-32-20-9-19(10-21(11-20)33-2)27-25(31)17-6-7-23(26-12-17)28-13-16-8-18(15-28)22-4-3-5-24(30)29(22)14-16/h6-7,9-12,16,18,22H,3-5,8,13-15H2,1-2H3,(H,27,31)/t16-,18-,22-/m1/s1. The summed E-state index contributed by atoms with van der Waals surface area (Å²) in [7, 11) is 3.14. The molecule has 2 bridgehead atoms. The summed E-state index contributed by atoms with van der Waals surface area (Å²) >= 11 is 0. The number of carbonyl (C=O) groups excluding carboxylic acids is 2. The maximum absolute atomic E-state index is 12.8. The lowest BCUT2D eigenvalue weighted by Gasteiger charge is -2.52. The third kappa shape index (κ3) is 4.34. The van der Waals surface area contributed by atoms with E-state index in [1.165, 1.54) is 6.42 Å². The fraction of sp³-hybridized carbons (Fsp3) is 0.480. The van der Waals surface area contributed by atoms with Crippen LogP contribution >= 0.6 is 0 Å². The van der Waals surface area contributed by atoms with Gasteiger partial charge in [0, 0.05) is 62.2 Å². The van der Waals surface area contributed by atoms with Crippen LogP contribution in [0.2, 0.25) is 0 Å². The van der Waals surface area contributed by atoms with Crippen molar-refractivity contribution in [2.45, 2.75) is 31.7 Å². The van der Waals surface area contributed by atoms with Crippen molar-refractivity contribution >= 4 is 23.3 Å². The largest absolute Gasteiger partial charge is 0.497 e. The second kappa shape index (κ2) is 8.92. The zero-order valence-corrected chi connectivity index (χ0v) is 19.1. The Morgan fingerprint density at radius 2 is 1.88 bits per heavy atom. The summed E-state index contributed by atoms with van der Waals surface area (Å²) in [6.07, 6.45) is 5.63. The van der Waals surface area contributed by atoms with E-state index in [9.17, 15) is 9.59 Å². The molecule has 0 spiro atoms. The fourth-order valence-electron chi connectivity index (χ4n) is 5.59. The summed E-state index contributed by atoms with van der Waals surface area (Å²) in [4.78, 5) is 34.2. The Kier molecular flexibility index (Phi) is 5.83. The Morgan fingerprint density at radius 1 is 1.09 bits per heavy atom. The SMILES string of the molecule is COc1cc(NC(=O)c2ccc(N3C[C@H]4C[C@H](C3)[C@H]3CCCC(=O)N3C4)nc2)cc(OC)c1. The van der Waals surface area contributed by atoms with Crippen molar-refractivity contribution in [2.75, 3.05) is 44.1 Å². The van der Waals surface area contributed by atoms with E-state index in [0.29, 0.717) is 53.0 Å². The molecule has 3 fully saturated rings. The summed E-state index contributed by atoms with van der Waals surface area (Å²) in [5.74, 6) is 3.16. The van der Waals surface area contributed by atoms with Crippen LogP contribution in [0.3, 0.4) is 0 Å². The van der Waals surface area contributed by atoms with Crippen LogP contribution in [0, 0.1) is 11.8 Å². The predicted octanol–water partition coefficient (Wildman–Crippen LogP) is 3.19. The highest BCUT2D eigenvalue weighted by atomic mass is 16.5.